The summed E-state index contributed by atoms with van der Waals surface area (Å²) in [4.78, 5) is 0. The Morgan fingerprint density at radius 3 is 2.26 bits per heavy atom. The Morgan fingerprint density at radius 1 is 0.947 bits per heavy atom. The van der Waals surface area contributed by atoms with Crippen molar-refractivity contribution in [2.75, 3.05) is 0 Å². The third kappa shape index (κ3) is 3.71. The van der Waals surface area contributed by atoms with E-state index in [0.29, 0.717) is 32.4 Å². The molecule has 0 aliphatic heterocycles. The van der Waals surface area contributed by atoms with E-state index in [1.165, 1.54) is 0 Å². The van der Waals surface area contributed by atoms with Gasteiger partial charge in [0.25, 0.3) is 0 Å². The van der Waals surface area contributed by atoms with Gasteiger partial charge in [-0.2, -0.15) is 0 Å². The second-order valence-electron chi connectivity index (χ2n) is 3.69. The Labute approximate surface area is 139 Å². The zero-order valence-electron chi connectivity index (χ0n) is 9.39. The smallest absolute Gasteiger partial charge is 0.147 e. The minimum atomic E-state index is 0.387. The summed E-state index contributed by atoms with van der Waals surface area (Å²) in [7, 11) is 0. The summed E-state index contributed by atoms with van der Waals surface area (Å²) in [5.41, 5.74) is 0.981. The molecule has 1 nitrogen and oxygen atoms in total. The third-order valence-corrected chi connectivity index (χ3v) is 4.41. The summed E-state index contributed by atoms with van der Waals surface area (Å²) < 4.78 is 6.55. The van der Waals surface area contributed by atoms with Gasteiger partial charge in [-0.1, -0.05) is 56.8 Å². The Balaban J connectivity index is 2.31. The standard InChI is InChI=1S/C13H7BrCl4O/c14-9-3-8(2-1-7(9)6-15)19-13-5-11(17)10(16)4-12(13)18/h1-5H,6H2. The fourth-order valence-corrected chi connectivity index (χ4v) is 2.88. The lowest BCUT2D eigenvalue weighted by Crippen LogP contribution is -1.88. The molecular formula is C13H7BrCl4O. The molecule has 19 heavy (non-hydrogen) atoms. The van der Waals surface area contributed by atoms with Crippen LogP contribution in [0.2, 0.25) is 15.1 Å². The van der Waals surface area contributed by atoms with Crippen LogP contribution in [0.3, 0.4) is 0 Å². The normalized spacial score (nSPS) is 10.6. The zero-order valence-corrected chi connectivity index (χ0v) is 14.0. The number of rotatable bonds is 3. The Hall–Kier alpha value is -0.120. The molecule has 2 rings (SSSR count). The molecule has 0 bridgehead atoms. The molecule has 0 unspecified atom stereocenters. The van der Waals surface area contributed by atoms with Gasteiger partial charge in [0.1, 0.15) is 11.5 Å². The average molecular weight is 401 g/mol. The second-order valence-corrected chi connectivity index (χ2v) is 6.03. The van der Waals surface area contributed by atoms with Crippen LogP contribution in [-0.4, -0.2) is 0 Å². The molecule has 0 heterocycles. The highest BCUT2D eigenvalue weighted by molar-refractivity contribution is 9.10. The van der Waals surface area contributed by atoms with E-state index >= 15 is 0 Å². The number of halogens is 5. The van der Waals surface area contributed by atoms with Crippen LogP contribution in [0.15, 0.2) is 34.8 Å². The maximum absolute atomic E-state index is 6.05. The van der Waals surface area contributed by atoms with Gasteiger partial charge >= 0.3 is 0 Å². The molecule has 0 fully saturated rings. The first-order chi connectivity index (χ1) is 9.01. The van der Waals surface area contributed by atoms with Crippen molar-refractivity contribution in [2.45, 2.75) is 5.88 Å². The first kappa shape index (κ1) is 15.3. The monoisotopic (exact) mass is 398 g/mol. The van der Waals surface area contributed by atoms with Crippen LogP contribution < -0.4 is 4.74 Å². The van der Waals surface area contributed by atoms with Crippen molar-refractivity contribution in [1.82, 2.24) is 0 Å². The Morgan fingerprint density at radius 2 is 1.63 bits per heavy atom. The van der Waals surface area contributed by atoms with E-state index in [1.807, 2.05) is 12.1 Å². The van der Waals surface area contributed by atoms with Crippen molar-refractivity contribution < 1.29 is 4.74 Å². The highest BCUT2D eigenvalue weighted by atomic mass is 79.9. The fraction of sp³-hybridized carbons (Fsp3) is 0.0769. The van der Waals surface area contributed by atoms with E-state index < -0.39 is 0 Å². The predicted octanol–water partition coefficient (Wildman–Crippen LogP) is 6.94. The summed E-state index contributed by atoms with van der Waals surface area (Å²) in [6.45, 7) is 0. The van der Waals surface area contributed by atoms with Gasteiger partial charge in [0, 0.05) is 16.4 Å². The molecule has 0 aromatic heterocycles. The lowest BCUT2D eigenvalue weighted by molar-refractivity contribution is 0.482. The summed E-state index contributed by atoms with van der Waals surface area (Å²) in [6, 6.07) is 8.62. The van der Waals surface area contributed by atoms with E-state index in [9.17, 15) is 0 Å². The van der Waals surface area contributed by atoms with Crippen LogP contribution in [-0.2, 0) is 5.88 Å². The van der Waals surface area contributed by atoms with Crippen molar-refractivity contribution in [3.8, 4) is 11.5 Å². The topological polar surface area (TPSA) is 9.23 Å². The molecule has 0 aliphatic rings. The Bertz CT molecular complexity index is 616. The van der Waals surface area contributed by atoms with Crippen LogP contribution in [0.4, 0.5) is 0 Å². The number of ether oxygens (including phenoxy) is 1. The molecule has 0 saturated heterocycles. The second kappa shape index (κ2) is 6.55. The summed E-state index contributed by atoms with van der Waals surface area (Å²) >= 11 is 27.0. The molecule has 0 aliphatic carbocycles. The van der Waals surface area contributed by atoms with E-state index in [1.54, 1.807) is 18.2 Å². The number of hydrogen-bond donors (Lipinski definition) is 0. The van der Waals surface area contributed by atoms with Gasteiger partial charge in [0.05, 0.1) is 15.1 Å². The number of alkyl halides is 1. The highest BCUT2D eigenvalue weighted by Crippen LogP contribution is 2.37. The van der Waals surface area contributed by atoms with Gasteiger partial charge in [-0.15, -0.1) is 11.6 Å². The molecule has 100 valence electrons. The van der Waals surface area contributed by atoms with Crippen molar-refractivity contribution in [3.05, 3.63) is 55.4 Å². The van der Waals surface area contributed by atoms with Crippen molar-refractivity contribution in [2.24, 2.45) is 0 Å². The quantitative estimate of drug-likeness (QED) is 0.400. The van der Waals surface area contributed by atoms with Gasteiger partial charge < -0.3 is 4.74 Å². The van der Waals surface area contributed by atoms with Gasteiger partial charge in [0.15, 0.2) is 0 Å². The van der Waals surface area contributed by atoms with Crippen molar-refractivity contribution in [1.29, 1.82) is 0 Å². The molecule has 0 N–H and O–H groups in total. The van der Waals surface area contributed by atoms with E-state index in [4.69, 9.17) is 51.1 Å². The molecule has 0 atom stereocenters. The molecule has 2 aromatic rings. The van der Waals surface area contributed by atoms with Gasteiger partial charge in [0.2, 0.25) is 0 Å². The molecular weight excluding hydrogens is 394 g/mol. The van der Waals surface area contributed by atoms with Gasteiger partial charge in [-0.3, -0.25) is 0 Å². The van der Waals surface area contributed by atoms with Crippen LogP contribution in [0.25, 0.3) is 0 Å². The maximum Gasteiger partial charge on any atom is 0.147 e. The molecule has 0 radical (unpaired) electrons. The molecule has 0 amide bonds. The van der Waals surface area contributed by atoms with Crippen LogP contribution in [0.5, 0.6) is 11.5 Å². The number of hydrogen-bond acceptors (Lipinski definition) is 1. The van der Waals surface area contributed by atoms with E-state index in [2.05, 4.69) is 15.9 Å². The number of benzene rings is 2. The van der Waals surface area contributed by atoms with Crippen LogP contribution in [0, 0.1) is 0 Å². The summed E-state index contributed by atoms with van der Waals surface area (Å²) in [5.74, 6) is 1.50. The van der Waals surface area contributed by atoms with E-state index in [-0.39, 0.29) is 0 Å². The Kier molecular flexibility index (Phi) is 5.27. The first-order valence-corrected chi connectivity index (χ1v) is 7.64. The average Bonchev–Trinajstić information content (AvgIpc) is 2.36. The van der Waals surface area contributed by atoms with Crippen LogP contribution in [0.1, 0.15) is 5.56 Å². The molecule has 0 spiro atoms. The largest absolute Gasteiger partial charge is 0.456 e. The molecule has 6 heteroatoms. The lowest BCUT2D eigenvalue weighted by atomic mass is 10.2. The molecule has 0 saturated carbocycles. The minimum Gasteiger partial charge on any atom is -0.456 e. The van der Waals surface area contributed by atoms with Crippen molar-refractivity contribution >= 4 is 62.3 Å². The zero-order chi connectivity index (χ0) is 14.0. The fourth-order valence-electron chi connectivity index (χ4n) is 1.41. The van der Waals surface area contributed by atoms with Crippen molar-refractivity contribution in [3.63, 3.8) is 0 Å². The summed E-state index contributed by atoms with van der Waals surface area (Å²) in [6.07, 6.45) is 0. The van der Waals surface area contributed by atoms with Gasteiger partial charge in [-0.05, 0) is 23.8 Å². The third-order valence-electron chi connectivity index (χ3n) is 2.37. The first-order valence-electron chi connectivity index (χ1n) is 5.18. The van der Waals surface area contributed by atoms with E-state index in [0.717, 1.165) is 10.0 Å². The predicted molar refractivity (Wildman–Crippen MR) is 85.2 cm³/mol. The lowest BCUT2D eigenvalue weighted by Gasteiger charge is -2.10. The SMILES string of the molecule is ClCc1ccc(Oc2cc(Cl)c(Cl)cc2Cl)cc1Br. The van der Waals surface area contributed by atoms with Gasteiger partial charge in [-0.25, -0.2) is 0 Å². The maximum atomic E-state index is 6.05. The molecule has 2 aromatic carbocycles. The highest BCUT2D eigenvalue weighted by Gasteiger charge is 2.09. The minimum absolute atomic E-state index is 0.387. The van der Waals surface area contributed by atoms with Crippen LogP contribution >= 0.6 is 62.3 Å². The summed E-state index contributed by atoms with van der Waals surface area (Å²) in [5, 5.41) is 1.17.